The Bertz CT molecular complexity index is 2070. The minimum absolute atomic E-state index is 0.0144. The van der Waals surface area contributed by atoms with Crippen molar-refractivity contribution in [1.82, 2.24) is 20.1 Å². The number of hydrogen-bond acceptors (Lipinski definition) is 6. The molecule has 1 N–H and O–H groups in total. The average Bonchev–Trinajstić information content (AvgIpc) is 3.77. The van der Waals surface area contributed by atoms with Crippen molar-refractivity contribution in [3.63, 3.8) is 0 Å². The number of methoxy groups -OCH3 is 2. The zero-order valence-electron chi connectivity index (χ0n) is 31.0. The van der Waals surface area contributed by atoms with Gasteiger partial charge in [0.1, 0.15) is 11.2 Å². The lowest BCUT2D eigenvalue weighted by Crippen LogP contribution is -2.44. The molecule has 4 aromatic rings. The van der Waals surface area contributed by atoms with Crippen LogP contribution in [0.25, 0.3) is 28.2 Å². The molecule has 0 fully saturated rings. The number of fused-ring (bicyclic) bond motifs is 3. The molecule has 1 aromatic heterocycles. The van der Waals surface area contributed by atoms with Gasteiger partial charge in [-0.05, 0) is 78.3 Å². The summed E-state index contributed by atoms with van der Waals surface area (Å²) >= 11 is 1.48. The number of allylic oxidation sites excluding steroid dienone is 5. The monoisotopic (exact) mass is 766 g/mol. The number of rotatable bonds is 15. The Morgan fingerprint density at radius 3 is 2.33 bits per heavy atom. The number of benzene rings is 3. The fourth-order valence-electron chi connectivity index (χ4n) is 7.86. The van der Waals surface area contributed by atoms with Crippen molar-refractivity contribution >= 4 is 23.4 Å². The number of amides is 1. The van der Waals surface area contributed by atoms with E-state index in [0.29, 0.717) is 41.1 Å². The molecule has 2 atom stereocenters. The molecule has 2 unspecified atom stereocenters. The van der Waals surface area contributed by atoms with E-state index in [1.165, 1.54) is 29.5 Å². The summed E-state index contributed by atoms with van der Waals surface area (Å²) in [7, 11) is 3.29. The number of nitrogens with one attached hydrogen (secondary N) is 1. The predicted molar refractivity (Wildman–Crippen MR) is 212 cm³/mol. The van der Waals surface area contributed by atoms with E-state index in [-0.39, 0.29) is 18.4 Å². The van der Waals surface area contributed by atoms with E-state index in [4.69, 9.17) is 9.47 Å². The third-order valence-electron chi connectivity index (χ3n) is 10.8. The van der Waals surface area contributed by atoms with Gasteiger partial charge in [-0.15, -0.1) is 10.2 Å². The summed E-state index contributed by atoms with van der Waals surface area (Å²) in [4.78, 5) is 14.5. The first-order valence-corrected chi connectivity index (χ1v) is 19.8. The van der Waals surface area contributed by atoms with Gasteiger partial charge in [-0.1, -0.05) is 109 Å². The predicted octanol–water partition coefficient (Wildman–Crippen LogP) is 9.96. The smallest absolute Gasteiger partial charge is 0.395 e. The van der Waals surface area contributed by atoms with Gasteiger partial charge < -0.3 is 14.8 Å². The van der Waals surface area contributed by atoms with E-state index >= 15 is 0 Å². The highest BCUT2D eigenvalue weighted by Crippen LogP contribution is 2.51. The number of alkyl halides is 3. The normalized spacial score (nSPS) is 18.3. The van der Waals surface area contributed by atoms with Gasteiger partial charge in [0.15, 0.2) is 11.0 Å². The number of thioether (sulfide) groups is 1. The van der Waals surface area contributed by atoms with Crippen LogP contribution in [0.5, 0.6) is 5.75 Å². The van der Waals surface area contributed by atoms with Gasteiger partial charge in [-0.3, -0.25) is 9.36 Å². The molecule has 1 amide bonds. The second kappa shape index (κ2) is 16.9. The van der Waals surface area contributed by atoms with Crippen LogP contribution in [0.15, 0.2) is 120 Å². The van der Waals surface area contributed by atoms with E-state index in [2.05, 4.69) is 58.0 Å². The summed E-state index contributed by atoms with van der Waals surface area (Å²) in [5.41, 5.74) is 5.86. The number of nitrogens with zero attached hydrogens (tertiary/aromatic N) is 3. The third kappa shape index (κ3) is 8.09. The first-order chi connectivity index (χ1) is 26.7. The molecule has 55 heavy (non-hydrogen) atoms. The summed E-state index contributed by atoms with van der Waals surface area (Å²) in [6.45, 7) is 0.532. The third-order valence-corrected chi connectivity index (χ3v) is 11.8. The van der Waals surface area contributed by atoms with E-state index in [9.17, 15) is 18.0 Å². The number of carbonyl (C=O) groups is 1. The van der Waals surface area contributed by atoms with Crippen LogP contribution in [0.2, 0.25) is 0 Å². The standard InChI is InChI=1S/C44H45F3N4O3S/c1-53-34-21-17-30(18-22-34)25-27-48-41(52)43(38-15-6-4-13-36(38)37-14-5-7-16-39(37)43)26-8-3-9-28-55-42-50-49-40(31-19-23-35(54-2)24-20-31)51(42)33-12-10-11-32(29-33)44(45,46)47/h4-7,10-21,23-24,32,34H,3,8-9,22,25-29H2,1-2H3,(H,48,52). The molecular weight excluding hydrogens is 722 g/mol. The molecule has 286 valence electrons. The van der Waals surface area contributed by atoms with Crippen LogP contribution < -0.4 is 10.1 Å². The van der Waals surface area contributed by atoms with Crippen LogP contribution in [-0.2, 0) is 14.9 Å². The highest BCUT2D eigenvalue weighted by atomic mass is 32.2. The SMILES string of the molecule is COc1ccc(-c2nnc(SCCCCCC3(C(=O)NCCC4=CCC(OC)C=C4)c4ccccc4-c4ccccc43)n2C2=CC=CC(C(F)(F)F)C2)cc1. The van der Waals surface area contributed by atoms with Crippen molar-refractivity contribution < 1.29 is 27.4 Å². The van der Waals surface area contributed by atoms with Gasteiger partial charge in [-0.2, -0.15) is 13.2 Å². The second-order valence-electron chi connectivity index (χ2n) is 14.1. The Hall–Kier alpha value is -4.87. The average molecular weight is 767 g/mol. The molecule has 0 aliphatic heterocycles. The van der Waals surface area contributed by atoms with Crippen LogP contribution in [-0.4, -0.2) is 59.5 Å². The minimum Gasteiger partial charge on any atom is -0.497 e. The Kier molecular flexibility index (Phi) is 11.8. The van der Waals surface area contributed by atoms with E-state index in [1.807, 2.05) is 36.4 Å². The molecule has 0 bridgehead atoms. The van der Waals surface area contributed by atoms with E-state index in [1.54, 1.807) is 37.0 Å². The molecule has 7 rings (SSSR count). The molecule has 0 spiro atoms. The van der Waals surface area contributed by atoms with Gasteiger partial charge in [0, 0.05) is 37.1 Å². The fourth-order valence-corrected chi connectivity index (χ4v) is 8.83. The first-order valence-electron chi connectivity index (χ1n) is 18.8. The Labute approximate surface area is 324 Å². The Morgan fingerprint density at radius 2 is 1.67 bits per heavy atom. The highest BCUT2D eigenvalue weighted by molar-refractivity contribution is 7.99. The Morgan fingerprint density at radius 1 is 0.945 bits per heavy atom. The van der Waals surface area contributed by atoms with Crippen LogP contribution in [0.3, 0.4) is 0 Å². The quantitative estimate of drug-likeness (QED) is 0.0959. The van der Waals surface area contributed by atoms with Crippen molar-refractivity contribution in [3.05, 3.63) is 126 Å². The number of ether oxygens (including phenoxy) is 2. The minimum atomic E-state index is -4.36. The molecule has 7 nitrogen and oxygen atoms in total. The number of hydrogen-bond donors (Lipinski definition) is 1. The van der Waals surface area contributed by atoms with Gasteiger partial charge in [0.05, 0.1) is 19.1 Å². The fraction of sp³-hybridized carbons (Fsp3) is 0.341. The molecule has 0 saturated carbocycles. The molecular formula is C44H45F3N4O3S. The maximum Gasteiger partial charge on any atom is 0.395 e. The van der Waals surface area contributed by atoms with Crippen molar-refractivity contribution in [2.75, 3.05) is 26.5 Å². The maximum absolute atomic E-state index is 14.5. The molecule has 3 aliphatic carbocycles. The highest BCUT2D eigenvalue weighted by Gasteiger charge is 2.48. The van der Waals surface area contributed by atoms with E-state index < -0.39 is 17.5 Å². The Balaban J connectivity index is 1.05. The number of unbranched alkanes of at least 4 members (excludes halogenated alkanes) is 2. The second-order valence-corrected chi connectivity index (χ2v) is 15.1. The molecule has 11 heteroatoms. The topological polar surface area (TPSA) is 78.3 Å². The summed E-state index contributed by atoms with van der Waals surface area (Å²) in [5.74, 6) is 0.262. The van der Waals surface area contributed by atoms with Crippen molar-refractivity contribution in [1.29, 1.82) is 0 Å². The van der Waals surface area contributed by atoms with Gasteiger partial charge >= 0.3 is 6.18 Å². The summed E-state index contributed by atoms with van der Waals surface area (Å²) in [6.07, 6.45) is 10.9. The van der Waals surface area contributed by atoms with Crippen LogP contribution in [0.1, 0.15) is 56.1 Å². The number of carbonyl (C=O) groups excluding carboxylic acids is 1. The number of halogens is 3. The maximum atomic E-state index is 14.5. The van der Waals surface area contributed by atoms with Gasteiger partial charge in [0.25, 0.3) is 0 Å². The van der Waals surface area contributed by atoms with Crippen molar-refractivity contribution in [3.8, 4) is 28.3 Å². The lowest BCUT2D eigenvalue weighted by molar-refractivity contribution is -0.160. The summed E-state index contributed by atoms with van der Waals surface area (Å²) in [5, 5.41) is 12.8. The molecule has 0 saturated heterocycles. The summed E-state index contributed by atoms with van der Waals surface area (Å²) < 4.78 is 54.0. The number of aromatic nitrogens is 3. The largest absolute Gasteiger partial charge is 0.497 e. The molecule has 0 radical (unpaired) electrons. The van der Waals surface area contributed by atoms with Gasteiger partial charge in [-0.25, -0.2) is 0 Å². The zero-order chi connectivity index (χ0) is 38.4. The van der Waals surface area contributed by atoms with Crippen molar-refractivity contribution in [2.45, 2.75) is 67.8 Å². The first kappa shape index (κ1) is 38.4. The van der Waals surface area contributed by atoms with Gasteiger partial charge in [0.2, 0.25) is 5.91 Å². The van der Waals surface area contributed by atoms with E-state index in [0.717, 1.165) is 59.9 Å². The van der Waals surface area contributed by atoms with Crippen LogP contribution in [0, 0.1) is 5.92 Å². The molecule has 3 aliphatic rings. The summed E-state index contributed by atoms with van der Waals surface area (Å²) in [6, 6.07) is 23.7. The lowest BCUT2D eigenvalue weighted by atomic mass is 9.73. The van der Waals surface area contributed by atoms with Crippen molar-refractivity contribution in [2.24, 2.45) is 5.92 Å². The van der Waals surface area contributed by atoms with Crippen LogP contribution >= 0.6 is 11.8 Å². The zero-order valence-corrected chi connectivity index (χ0v) is 31.8. The molecule has 3 aromatic carbocycles. The molecule has 1 heterocycles. The lowest BCUT2D eigenvalue weighted by Gasteiger charge is -2.31. The van der Waals surface area contributed by atoms with Crippen LogP contribution in [0.4, 0.5) is 13.2 Å².